The van der Waals surface area contributed by atoms with Gasteiger partial charge in [-0.2, -0.15) is 0 Å². The van der Waals surface area contributed by atoms with E-state index in [9.17, 15) is 4.39 Å². The monoisotopic (exact) mass is 350 g/mol. The molecule has 2 heterocycles. The number of para-hydroxylation sites is 1. The molecule has 1 aliphatic rings. The van der Waals surface area contributed by atoms with Gasteiger partial charge in [0.15, 0.2) is 5.11 Å². The van der Waals surface area contributed by atoms with Crippen LogP contribution in [-0.4, -0.2) is 24.7 Å². The van der Waals surface area contributed by atoms with E-state index < -0.39 is 0 Å². The van der Waals surface area contributed by atoms with Crippen molar-refractivity contribution >= 4 is 34.4 Å². The Morgan fingerprint density at radius 2 is 2.00 bits per heavy atom. The van der Waals surface area contributed by atoms with Gasteiger partial charge in [0.2, 0.25) is 0 Å². The first-order valence-corrected chi connectivity index (χ1v) is 9.20. The fraction of sp³-hybridized carbons (Fsp3) is 0.353. The summed E-state index contributed by atoms with van der Waals surface area (Å²) >= 11 is 7.11. The number of quaternary nitrogens is 1. The van der Waals surface area contributed by atoms with Gasteiger partial charge in [0.25, 0.3) is 0 Å². The van der Waals surface area contributed by atoms with Gasteiger partial charge < -0.3 is 15.5 Å². The average molecular weight is 351 g/mol. The summed E-state index contributed by atoms with van der Waals surface area (Å²) in [4.78, 5) is 2.98. The highest BCUT2D eigenvalue weighted by molar-refractivity contribution is 7.80. The first-order chi connectivity index (χ1) is 11.2. The molecule has 0 bridgehead atoms. The maximum atomic E-state index is 13.7. The molecule has 3 nitrogen and oxygen atoms in total. The number of halogens is 1. The van der Waals surface area contributed by atoms with Crippen LogP contribution in [0.1, 0.15) is 23.8 Å². The van der Waals surface area contributed by atoms with Crippen molar-refractivity contribution in [1.82, 2.24) is 5.32 Å². The van der Waals surface area contributed by atoms with Gasteiger partial charge in [-0.1, -0.05) is 18.2 Å². The zero-order chi connectivity index (χ0) is 16.1. The van der Waals surface area contributed by atoms with Crippen LogP contribution in [0.25, 0.3) is 0 Å². The Morgan fingerprint density at radius 3 is 2.70 bits per heavy atom. The van der Waals surface area contributed by atoms with Gasteiger partial charge in [0.05, 0.1) is 30.2 Å². The van der Waals surface area contributed by atoms with Crippen LogP contribution >= 0.6 is 23.6 Å². The zero-order valence-corrected chi connectivity index (χ0v) is 14.5. The molecule has 0 aliphatic carbocycles. The molecular formula is C17H21FN3S2+. The van der Waals surface area contributed by atoms with E-state index in [0.29, 0.717) is 16.8 Å². The van der Waals surface area contributed by atoms with Crippen LogP contribution in [-0.2, 0) is 0 Å². The maximum Gasteiger partial charge on any atom is 0.171 e. The van der Waals surface area contributed by atoms with E-state index in [4.69, 9.17) is 12.2 Å². The lowest BCUT2D eigenvalue weighted by molar-refractivity contribution is -0.918. The highest BCUT2D eigenvalue weighted by atomic mass is 32.1. The third kappa shape index (κ3) is 4.28. The van der Waals surface area contributed by atoms with Crippen molar-refractivity contribution in [2.45, 2.75) is 18.9 Å². The first kappa shape index (κ1) is 16.4. The minimum atomic E-state index is -0.295. The number of thiocarbonyl (C=S) groups is 1. The Hall–Kier alpha value is -1.50. The van der Waals surface area contributed by atoms with Crippen molar-refractivity contribution in [3.63, 3.8) is 0 Å². The predicted octanol–water partition coefficient (Wildman–Crippen LogP) is 2.59. The van der Waals surface area contributed by atoms with Gasteiger partial charge >= 0.3 is 0 Å². The highest BCUT2D eigenvalue weighted by Crippen LogP contribution is 2.17. The van der Waals surface area contributed by atoms with E-state index in [1.54, 1.807) is 34.4 Å². The summed E-state index contributed by atoms with van der Waals surface area (Å²) in [6, 6.07) is 11.3. The molecule has 6 heteroatoms. The van der Waals surface area contributed by atoms with Crippen molar-refractivity contribution in [3.05, 3.63) is 52.5 Å². The molecule has 3 rings (SSSR count). The highest BCUT2D eigenvalue weighted by Gasteiger charge is 2.28. The molecule has 3 N–H and O–H groups in total. The number of thiophene rings is 1. The summed E-state index contributed by atoms with van der Waals surface area (Å²) in [6.07, 6.45) is 2.57. The normalized spacial score (nSPS) is 16.2. The summed E-state index contributed by atoms with van der Waals surface area (Å²) in [6.45, 7) is 3.17. The molecule has 0 radical (unpaired) electrons. The molecule has 0 saturated carbocycles. The minimum absolute atomic E-state index is 0.295. The molecule has 0 amide bonds. The minimum Gasteiger partial charge on any atom is -0.356 e. The second kappa shape index (κ2) is 7.86. The quantitative estimate of drug-likeness (QED) is 0.724. The first-order valence-electron chi connectivity index (χ1n) is 7.91. The van der Waals surface area contributed by atoms with Crippen LogP contribution < -0.4 is 15.5 Å². The zero-order valence-electron chi connectivity index (χ0n) is 12.8. The summed E-state index contributed by atoms with van der Waals surface area (Å²) in [5, 5.41) is 8.79. The van der Waals surface area contributed by atoms with Gasteiger partial charge in [0, 0.05) is 12.8 Å². The van der Waals surface area contributed by atoms with Gasteiger partial charge in [-0.15, -0.1) is 11.3 Å². The third-order valence-corrected chi connectivity index (χ3v) is 5.45. The Bertz CT molecular complexity index is 639. The van der Waals surface area contributed by atoms with E-state index in [1.165, 1.54) is 36.9 Å². The lowest BCUT2D eigenvalue weighted by Crippen LogP contribution is -3.11. The lowest BCUT2D eigenvalue weighted by atomic mass is 10.2. The molecule has 1 atom stereocenters. The van der Waals surface area contributed by atoms with Crippen molar-refractivity contribution in [2.24, 2.45) is 0 Å². The molecule has 1 aromatic heterocycles. The average Bonchev–Trinajstić information content (AvgIpc) is 3.23. The number of likely N-dealkylation sites (tertiary alicyclic amines) is 1. The number of hydrogen-bond acceptors (Lipinski definition) is 2. The van der Waals surface area contributed by atoms with Crippen molar-refractivity contribution < 1.29 is 9.29 Å². The molecule has 122 valence electrons. The number of nitrogens with one attached hydrogen (secondary N) is 3. The van der Waals surface area contributed by atoms with Gasteiger partial charge in [-0.3, -0.25) is 0 Å². The van der Waals surface area contributed by atoms with E-state index in [2.05, 4.69) is 28.1 Å². The third-order valence-electron chi connectivity index (χ3n) is 4.21. The van der Waals surface area contributed by atoms with Crippen molar-refractivity contribution in [3.8, 4) is 0 Å². The maximum absolute atomic E-state index is 13.7. The largest absolute Gasteiger partial charge is 0.356 e. The van der Waals surface area contributed by atoms with Gasteiger partial charge in [0.1, 0.15) is 11.9 Å². The smallest absolute Gasteiger partial charge is 0.171 e. The van der Waals surface area contributed by atoms with E-state index in [0.717, 1.165) is 6.54 Å². The van der Waals surface area contributed by atoms with Crippen molar-refractivity contribution in [1.29, 1.82) is 0 Å². The summed E-state index contributed by atoms with van der Waals surface area (Å²) in [5.74, 6) is -0.295. The Morgan fingerprint density at radius 1 is 1.22 bits per heavy atom. The van der Waals surface area contributed by atoms with Crippen LogP contribution in [0.3, 0.4) is 0 Å². The standard InChI is InChI=1S/C17H20FN3S2/c18-13-6-1-2-7-14(13)20-17(22)19-12-15(16-8-5-11-23-16)21-9-3-4-10-21/h1-2,5-8,11,15H,3-4,9-10,12H2,(H2,19,20,22)/p+1/t15-/m0/s1. The second-order valence-electron chi connectivity index (χ2n) is 5.75. The number of hydrogen-bond donors (Lipinski definition) is 3. The van der Waals surface area contributed by atoms with Gasteiger partial charge in [-0.05, 0) is 35.8 Å². The summed E-state index contributed by atoms with van der Waals surface area (Å²) in [5.41, 5.74) is 0.409. The fourth-order valence-corrected chi connectivity index (χ4v) is 4.12. The molecule has 1 fully saturated rings. The predicted molar refractivity (Wildman–Crippen MR) is 97.6 cm³/mol. The number of anilines is 1. The van der Waals surface area contributed by atoms with Gasteiger partial charge in [-0.25, -0.2) is 4.39 Å². The second-order valence-corrected chi connectivity index (χ2v) is 7.14. The van der Waals surface area contributed by atoms with E-state index in [-0.39, 0.29) is 5.82 Å². The Balaban J connectivity index is 1.60. The number of rotatable bonds is 5. The van der Waals surface area contributed by atoms with E-state index >= 15 is 0 Å². The molecule has 0 unspecified atom stereocenters. The van der Waals surface area contributed by atoms with Crippen LogP contribution in [0.4, 0.5) is 10.1 Å². The van der Waals surface area contributed by atoms with Crippen LogP contribution in [0.2, 0.25) is 0 Å². The Labute approximate surface area is 145 Å². The van der Waals surface area contributed by atoms with Crippen LogP contribution in [0.5, 0.6) is 0 Å². The molecule has 1 aromatic carbocycles. The molecule has 1 aliphatic heterocycles. The fourth-order valence-electron chi connectivity index (χ4n) is 3.04. The van der Waals surface area contributed by atoms with Crippen LogP contribution in [0, 0.1) is 5.82 Å². The van der Waals surface area contributed by atoms with Crippen molar-refractivity contribution in [2.75, 3.05) is 25.0 Å². The topological polar surface area (TPSA) is 28.5 Å². The lowest BCUT2D eigenvalue weighted by Gasteiger charge is -2.24. The molecule has 2 aromatic rings. The molecule has 0 spiro atoms. The van der Waals surface area contributed by atoms with E-state index in [1.807, 2.05) is 0 Å². The number of benzene rings is 1. The summed E-state index contributed by atoms with van der Waals surface area (Å²) < 4.78 is 13.7. The molecule has 1 saturated heterocycles. The summed E-state index contributed by atoms with van der Waals surface area (Å²) in [7, 11) is 0. The Kier molecular flexibility index (Phi) is 5.59. The molecular weight excluding hydrogens is 329 g/mol. The SMILES string of the molecule is Fc1ccccc1NC(=S)NC[C@@H](c1cccs1)[NH+]1CCCC1. The van der Waals surface area contributed by atoms with Crippen LogP contribution in [0.15, 0.2) is 41.8 Å². The molecule has 23 heavy (non-hydrogen) atoms.